The molecular weight excluding hydrogens is 601 g/mol. The molecule has 0 bridgehead atoms. The zero-order chi connectivity index (χ0) is 32.2. The fourth-order valence-corrected chi connectivity index (χ4v) is 8.39. The lowest BCUT2D eigenvalue weighted by Crippen LogP contribution is -2.16. The van der Waals surface area contributed by atoms with Crippen molar-refractivity contribution >= 4 is 77.3 Å². The van der Waals surface area contributed by atoms with E-state index >= 15 is 0 Å². The van der Waals surface area contributed by atoms with Crippen LogP contribution in [0.15, 0.2) is 156 Å². The molecule has 0 radical (unpaired) electrons. The zero-order valence-corrected chi connectivity index (χ0v) is 26.8. The Morgan fingerprint density at radius 3 is 1.98 bits per heavy atom. The molecule has 0 saturated carbocycles. The van der Waals surface area contributed by atoms with Crippen molar-refractivity contribution in [3.63, 3.8) is 0 Å². The summed E-state index contributed by atoms with van der Waals surface area (Å²) in [7, 11) is 0. The van der Waals surface area contributed by atoms with Crippen molar-refractivity contribution in [2.24, 2.45) is 5.92 Å². The Kier molecular flexibility index (Phi) is 5.37. The minimum Gasteiger partial charge on any atom is -0.456 e. The molecule has 0 saturated heterocycles. The summed E-state index contributed by atoms with van der Waals surface area (Å²) in [4.78, 5) is 5.10. The fourth-order valence-electron chi connectivity index (χ4n) is 8.39. The van der Waals surface area contributed by atoms with Gasteiger partial charge in [0, 0.05) is 39.1 Å². The predicted octanol–water partition coefficient (Wildman–Crippen LogP) is 11.3. The van der Waals surface area contributed by atoms with Crippen LogP contribution in [0.2, 0.25) is 0 Å². The summed E-state index contributed by atoms with van der Waals surface area (Å²) in [6.07, 6.45) is 6.87. The van der Waals surface area contributed by atoms with Crippen molar-refractivity contribution < 1.29 is 4.42 Å². The van der Waals surface area contributed by atoms with E-state index in [2.05, 4.69) is 166 Å². The van der Waals surface area contributed by atoms with Gasteiger partial charge in [0.2, 0.25) is 5.78 Å². The maximum absolute atomic E-state index is 6.43. The number of rotatable bonds is 3. The van der Waals surface area contributed by atoms with Crippen molar-refractivity contribution in [1.29, 1.82) is 0 Å². The normalized spacial score (nSPS) is 16.7. The van der Waals surface area contributed by atoms with Gasteiger partial charge in [-0.2, -0.15) is 0 Å². The Morgan fingerprint density at radius 1 is 0.571 bits per heavy atom. The molecule has 0 amide bonds. The van der Waals surface area contributed by atoms with Crippen LogP contribution in [-0.2, 0) is 0 Å². The number of nitrogens with zero attached hydrogens (tertiary/aromatic N) is 4. The van der Waals surface area contributed by atoms with Crippen LogP contribution in [0, 0.1) is 5.92 Å². The van der Waals surface area contributed by atoms with Gasteiger partial charge in [-0.1, -0.05) is 85.8 Å². The zero-order valence-electron chi connectivity index (χ0n) is 26.8. The van der Waals surface area contributed by atoms with Crippen LogP contribution in [0.3, 0.4) is 0 Å². The summed E-state index contributed by atoms with van der Waals surface area (Å²) in [5, 5.41) is 4.81. The third kappa shape index (κ3) is 3.67. The molecule has 2 unspecified atom stereocenters. The Morgan fingerprint density at radius 2 is 1.20 bits per heavy atom. The Bertz CT molecular complexity index is 2980. The number of aromatic nitrogens is 4. The van der Waals surface area contributed by atoms with E-state index in [4.69, 9.17) is 9.40 Å². The van der Waals surface area contributed by atoms with Crippen LogP contribution in [0.5, 0.6) is 0 Å². The van der Waals surface area contributed by atoms with E-state index in [1.54, 1.807) is 0 Å². The average molecular weight is 631 g/mol. The molecule has 4 aromatic heterocycles. The van der Waals surface area contributed by atoms with Gasteiger partial charge in [0.1, 0.15) is 11.2 Å². The highest BCUT2D eigenvalue weighted by atomic mass is 16.3. The summed E-state index contributed by atoms with van der Waals surface area (Å²) < 4.78 is 13.4. The number of allylic oxidation sites excluding steroid dienone is 4. The van der Waals surface area contributed by atoms with Gasteiger partial charge in [0.05, 0.1) is 38.8 Å². The van der Waals surface area contributed by atoms with E-state index < -0.39 is 0 Å². The maximum Gasteiger partial charge on any atom is 0.220 e. The van der Waals surface area contributed by atoms with E-state index in [0.29, 0.717) is 0 Å². The highest BCUT2D eigenvalue weighted by Crippen LogP contribution is 2.43. The third-order valence-electron chi connectivity index (χ3n) is 10.7. The quantitative estimate of drug-likeness (QED) is 0.195. The number of hydrogen-bond acceptors (Lipinski definition) is 2. The number of hydrogen-bond donors (Lipinski definition) is 0. The molecular formula is C44H30N4O. The molecule has 0 fully saturated rings. The van der Waals surface area contributed by atoms with Crippen LogP contribution in [0.1, 0.15) is 18.4 Å². The first-order valence-electron chi connectivity index (χ1n) is 16.9. The monoisotopic (exact) mass is 630 g/mol. The van der Waals surface area contributed by atoms with Crippen molar-refractivity contribution in [2.45, 2.75) is 12.8 Å². The van der Waals surface area contributed by atoms with E-state index in [1.165, 1.54) is 33.1 Å². The molecule has 10 aromatic rings. The lowest BCUT2D eigenvalue weighted by molar-refractivity contribution is 0.631. The Balaban J connectivity index is 1.05. The summed E-state index contributed by atoms with van der Waals surface area (Å²) >= 11 is 0. The first-order chi connectivity index (χ1) is 24.2. The van der Waals surface area contributed by atoms with Gasteiger partial charge in [0.15, 0.2) is 0 Å². The highest BCUT2D eigenvalue weighted by molar-refractivity contribution is 6.10. The Hall–Kier alpha value is -6.33. The van der Waals surface area contributed by atoms with Gasteiger partial charge in [0.25, 0.3) is 0 Å². The molecule has 5 nitrogen and oxygen atoms in total. The van der Waals surface area contributed by atoms with Crippen LogP contribution in [-0.4, -0.2) is 18.5 Å². The molecule has 1 aliphatic carbocycles. The van der Waals surface area contributed by atoms with E-state index in [0.717, 1.165) is 55.5 Å². The van der Waals surface area contributed by atoms with Gasteiger partial charge in [-0.15, -0.1) is 0 Å². The van der Waals surface area contributed by atoms with Crippen molar-refractivity contribution in [3.05, 3.63) is 157 Å². The first kappa shape index (κ1) is 26.7. The molecule has 2 atom stereocenters. The Labute approximate surface area is 281 Å². The second-order valence-corrected chi connectivity index (χ2v) is 13.3. The maximum atomic E-state index is 6.43. The van der Waals surface area contributed by atoms with Crippen LogP contribution < -0.4 is 0 Å². The molecule has 1 aliphatic rings. The summed E-state index contributed by atoms with van der Waals surface area (Å²) in [6.45, 7) is 2.36. The van der Waals surface area contributed by atoms with E-state index in [-0.39, 0.29) is 11.8 Å². The highest BCUT2D eigenvalue weighted by Gasteiger charge is 2.27. The number of imidazole rings is 2. The van der Waals surface area contributed by atoms with E-state index in [1.807, 2.05) is 6.07 Å². The van der Waals surface area contributed by atoms with Gasteiger partial charge in [-0.25, -0.2) is 4.98 Å². The standard InChI is InChI=1S/C44H30N4O/c1-27-30(13-10-20-36(27)47-37-15-5-2-11-31(37)32-12-3-6-16-38(32)47)28-21-23-42-33(25-28)34-26-29(22-24-43(34)49-42)46-40-18-8-9-19-41(40)48-39-17-7-4-14-35(39)45-44(46)48/h2-27,30H,1H3. The molecule has 11 rings (SSSR count). The second kappa shape index (κ2) is 9.85. The first-order valence-corrected chi connectivity index (χ1v) is 16.9. The lowest BCUT2D eigenvalue weighted by Gasteiger charge is -2.28. The molecule has 0 aliphatic heterocycles. The minimum absolute atomic E-state index is 0.211. The molecule has 0 N–H and O–H groups in total. The minimum atomic E-state index is 0.211. The molecule has 5 heteroatoms. The van der Waals surface area contributed by atoms with Crippen LogP contribution in [0.25, 0.3) is 83.0 Å². The number of benzene rings is 6. The van der Waals surface area contributed by atoms with Crippen molar-refractivity contribution in [2.75, 3.05) is 0 Å². The topological polar surface area (TPSA) is 40.3 Å². The molecule has 232 valence electrons. The van der Waals surface area contributed by atoms with Gasteiger partial charge >= 0.3 is 0 Å². The largest absolute Gasteiger partial charge is 0.456 e. The van der Waals surface area contributed by atoms with Crippen molar-refractivity contribution in [3.8, 4) is 5.69 Å². The molecule has 49 heavy (non-hydrogen) atoms. The van der Waals surface area contributed by atoms with Gasteiger partial charge in [-0.05, 0) is 78.4 Å². The molecule has 4 heterocycles. The summed E-state index contributed by atoms with van der Waals surface area (Å²) in [6, 6.07) is 47.6. The van der Waals surface area contributed by atoms with Gasteiger partial charge in [-0.3, -0.25) is 8.97 Å². The second-order valence-electron chi connectivity index (χ2n) is 13.3. The van der Waals surface area contributed by atoms with Crippen molar-refractivity contribution in [1.82, 2.24) is 18.5 Å². The third-order valence-corrected chi connectivity index (χ3v) is 10.7. The van der Waals surface area contributed by atoms with Gasteiger partial charge < -0.3 is 8.98 Å². The van der Waals surface area contributed by atoms with E-state index in [9.17, 15) is 0 Å². The summed E-state index contributed by atoms with van der Waals surface area (Å²) in [5.74, 6) is 1.37. The van der Waals surface area contributed by atoms with Crippen LogP contribution >= 0.6 is 0 Å². The predicted molar refractivity (Wildman–Crippen MR) is 202 cm³/mol. The number of furan rings is 1. The summed E-state index contributed by atoms with van der Waals surface area (Å²) in [5.41, 5.74) is 12.3. The average Bonchev–Trinajstić information content (AvgIpc) is 3.88. The SMILES string of the molecule is CC1C(n2c3ccccc3c3ccccc32)=CC=CC1c1ccc2oc3ccc(-n4c5ccccc5n5c6ccccc6nc45)cc3c2c1. The lowest BCUT2D eigenvalue weighted by atomic mass is 9.81. The molecule has 0 spiro atoms. The van der Waals surface area contributed by atoms with Crippen LogP contribution in [0.4, 0.5) is 0 Å². The number of fused-ring (bicyclic) bond motifs is 11. The molecule has 6 aromatic carbocycles. The smallest absolute Gasteiger partial charge is 0.220 e. The number of para-hydroxylation sites is 6. The fraction of sp³-hybridized carbons (Fsp3) is 0.0682.